The van der Waals surface area contributed by atoms with Crippen molar-refractivity contribution in [3.63, 3.8) is 0 Å². The molecule has 0 spiro atoms. The van der Waals surface area contributed by atoms with Crippen molar-refractivity contribution < 1.29 is 26.3 Å². The van der Waals surface area contributed by atoms with E-state index in [1.807, 2.05) is 0 Å². The van der Waals surface area contributed by atoms with E-state index >= 15 is 0 Å². The molecule has 0 saturated carbocycles. The molecular weight excluding hydrogens is 394 g/mol. The molecule has 0 radical (unpaired) electrons. The molecule has 18 heavy (non-hydrogen) atoms. The highest BCUT2D eigenvalue weighted by atomic mass is 79.9. The van der Waals surface area contributed by atoms with Crippen molar-refractivity contribution in [3.8, 4) is 0 Å². The molecule has 0 aliphatic heterocycles. The first kappa shape index (κ1) is 15.8. The summed E-state index contributed by atoms with van der Waals surface area (Å²) < 4.78 is 74.5. The predicted molar refractivity (Wildman–Crippen MR) is 61.9 cm³/mol. The molecule has 0 fully saturated rings. The molecule has 2 unspecified atom stereocenters. The van der Waals surface area contributed by atoms with Gasteiger partial charge in [0.25, 0.3) is 0 Å². The molecule has 0 amide bonds. The fourth-order valence-corrected chi connectivity index (χ4v) is 1.82. The normalized spacial score (nSPS) is 16.4. The van der Waals surface area contributed by atoms with Gasteiger partial charge in [0.1, 0.15) is 9.65 Å². The molecule has 0 heterocycles. The largest absolute Gasteiger partial charge is 0.405 e. The minimum absolute atomic E-state index is 0.270. The second kappa shape index (κ2) is 5.40. The van der Waals surface area contributed by atoms with Crippen LogP contribution in [-0.4, -0.2) is 12.4 Å². The van der Waals surface area contributed by atoms with Gasteiger partial charge in [0.15, 0.2) is 0 Å². The van der Waals surface area contributed by atoms with Crippen LogP contribution in [-0.2, 0) is 0 Å². The van der Waals surface area contributed by atoms with Gasteiger partial charge >= 0.3 is 12.4 Å². The predicted octanol–water partition coefficient (Wildman–Crippen LogP) is 5.68. The maximum Gasteiger partial charge on any atom is 0.405 e. The molecule has 0 N–H and O–H groups in total. The molecule has 0 aromatic heterocycles. The topological polar surface area (TPSA) is 0 Å². The Morgan fingerprint density at radius 1 is 0.778 bits per heavy atom. The summed E-state index contributed by atoms with van der Waals surface area (Å²) in [7, 11) is 0. The van der Waals surface area contributed by atoms with Crippen molar-refractivity contribution in [3.05, 3.63) is 35.4 Å². The lowest BCUT2D eigenvalue weighted by Crippen LogP contribution is -2.17. The highest BCUT2D eigenvalue weighted by Crippen LogP contribution is 2.43. The monoisotopic (exact) mass is 398 g/mol. The molecule has 0 saturated heterocycles. The van der Waals surface area contributed by atoms with E-state index in [4.69, 9.17) is 0 Å². The number of halogens is 8. The number of rotatable bonds is 2. The Bertz CT molecular complexity index is 376. The van der Waals surface area contributed by atoms with Crippen LogP contribution in [0, 0.1) is 0 Å². The van der Waals surface area contributed by atoms with Crippen molar-refractivity contribution in [2.24, 2.45) is 0 Å². The third kappa shape index (κ3) is 3.88. The zero-order valence-electron chi connectivity index (χ0n) is 8.49. The number of alkyl halides is 8. The maximum absolute atomic E-state index is 12.4. The van der Waals surface area contributed by atoms with Gasteiger partial charge in [0.2, 0.25) is 0 Å². The summed E-state index contributed by atoms with van der Waals surface area (Å²) in [4.78, 5) is -3.98. The van der Waals surface area contributed by atoms with E-state index in [1.165, 1.54) is 0 Å². The fraction of sp³-hybridized carbons (Fsp3) is 0.400. The smallest absolute Gasteiger partial charge is 0.169 e. The summed E-state index contributed by atoms with van der Waals surface area (Å²) in [5, 5.41) is 0. The molecular formula is C10H6Br2F6. The van der Waals surface area contributed by atoms with Crippen LogP contribution in [0.4, 0.5) is 26.3 Å². The minimum atomic E-state index is -4.56. The van der Waals surface area contributed by atoms with Gasteiger partial charge < -0.3 is 0 Å². The van der Waals surface area contributed by atoms with E-state index < -0.39 is 22.0 Å². The second-order valence-corrected chi connectivity index (χ2v) is 5.31. The lowest BCUT2D eigenvalue weighted by molar-refractivity contribution is -0.128. The summed E-state index contributed by atoms with van der Waals surface area (Å²) in [5.41, 5.74) is -0.539. The number of benzene rings is 1. The van der Waals surface area contributed by atoms with E-state index in [9.17, 15) is 26.3 Å². The Morgan fingerprint density at radius 3 is 1.39 bits per heavy atom. The first-order chi connectivity index (χ1) is 8.03. The second-order valence-electron chi connectivity index (χ2n) is 3.48. The van der Waals surface area contributed by atoms with Crippen LogP contribution in [0.25, 0.3) is 0 Å². The highest BCUT2D eigenvalue weighted by Gasteiger charge is 2.41. The maximum atomic E-state index is 12.4. The summed E-state index contributed by atoms with van der Waals surface area (Å²) >= 11 is 4.84. The minimum Gasteiger partial charge on any atom is -0.169 e. The standard InChI is InChI=1S/C10H6Br2F6/c11-7(9(13,14)15)5-2-1-3-6(4-5)8(12)10(16,17)18/h1-4,7-8H. The van der Waals surface area contributed by atoms with E-state index in [0.29, 0.717) is 0 Å². The van der Waals surface area contributed by atoms with Gasteiger partial charge in [-0.25, -0.2) is 0 Å². The molecule has 1 rings (SSSR count). The molecule has 2 atom stereocenters. The third-order valence-electron chi connectivity index (χ3n) is 2.07. The Kier molecular flexibility index (Phi) is 4.75. The molecule has 0 aliphatic rings. The first-order valence-corrected chi connectivity index (χ1v) is 6.38. The van der Waals surface area contributed by atoms with Gasteiger partial charge in [-0.3, -0.25) is 0 Å². The van der Waals surface area contributed by atoms with Gasteiger partial charge in [-0.2, -0.15) is 26.3 Å². The molecule has 102 valence electrons. The van der Waals surface area contributed by atoms with Crippen molar-refractivity contribution in [2.45, 2.75) is 22.0 Å². The molecule has 1 aromatic rings. The van der Waals surface area contributed by atoms with Gasteiger partial charge in [-0.05, 0) is 11.1 Å². The van der Waals surface area contributed by atoms with Gasteiger partial charge in [-0.1, -0.05) is 56.1 Å². The van der Waals surface area contributed by atoms with Crippen molar-refractivity contribution in [1.29, 1.82) is 0 Å². The SMILES string of the molecule is FC(F)(F)C(Br)c1cccc(C(Br)C(F)(F)F)c1. The van der Waals surface area contributed by atoms with Crippen LogP contribution in [0.1, 0.15) is 20.8 Å². The number of hydrogen-bond donors (Lipinski definition) is 0. The highest BCUT2D eigenvalue weighted by molar-refractivity contribution is 9.09. The fourth-order valence-electron chi connectivity index (χ4n) is 1.25. The van der Waals surface area contributed by atoms with Crippen molar-refractivity contribution in [2.75, 3.05) is 0 Å². The zero-order valence-corrected chi connectivity index (χ0v) is 11.7. The Labute approximate surface area is 116 Å². The van der Waals surface area contributed by atoms with Gasteiger partial charge in [0.05, 0.1) is 0 Å². The summed E-state index contributed by atoms with van der Waals surface area (Å²) in [6.45, 7) is 0. The molecule has 8 heteroatoms. The lowest BCUT2D eigenvalue weighted by Gasteiger charge is -2.18. The van der Waals surface area contributed by atoms with E-state index in [2.05, 4.69) is 31.9 Å². The van der Waals surface area contributed by atoms with Crippen molar-refractivity contribution in [1.82, 2.24) is 0 Å². The summed E-state index contributed by atoms with van der Waals surface area (Å²) in [6, 6.07) is 4.27. The van der Waals surface area contributed by atoms with Gasteiger partial charge in [-0.15, -0.1) is 0 Å². The quantitative estimate of drug-likeness (QED) is 0.443. The Morgan fingerprint density at radius 2 is 1.11 bits per heavy atom. The summed E-state index contributed by atoms with van der Waals surface area (Å²) in [5.74, 6) is 0. The average molecular weight is 400 g/mol. The average Bonchev–Trinajstić information content (AvgIpc) is 2.24. The van der Waals surface area contributed by atoms with Crippen molar-refractivity contribution >= 4 is 31.9 Å². The van der Waals surface area contributed by atoms with E-state index in [-0.39, 0.29) is 11.1 Å². The van der Waals surface area contributed by atoms with E-state index in [0.717, 1.165) is 24.3 Å². The molecule has 0 bridgehead atoms. The third-order valence-corrected chi connectivity index (χ3v) is 4.17. The molecule has 1 aromatic carbocycles. The van der Waals surface area contributed by atoms with Crippen LogP contribution < -0.4 is 0 Å². The Hall–Kier alpha value is -0.240. The molecule has 0 nitrogen and oxygen atoms in total. The molecule has 0 aliphatic carbocycles. The van der Waals surface area contributed by atoms with Crippen LogP contribution in [0.3, 0.4) is 0 Å². The Balaban J connectivity index is 3.07. The lowest BCUT2D eigenvalue weighted by atomic mass is 10.1. The van der Waals surface area contributed by atoms with Gasteiger partial charge in [0, 0.05) is 0 Å². The summed E-state index contributed by atoms with van der Waals surface area (Å²) in [6.07, 6.45) is -9.11. The zero-order chi connectivity index (χ0) is 14.1. The number of hydrogen-bond acceptors (Lipinski definition) is 0. The van der Waals surface area contributed by atoms with Crippen LogP contribution >= 0.6 is 31.9 Å². The van der Waals surface area contributed by atoms with Crippen LogP contribution in [0.15, 0.2) is 24.3 Å². The first-order valence-electron chi connectivity index (χ1n) is 4.55. The van der Waals surface area contributed by atoms with E-state index in [1.54, 1.807) is 0 Å². The van der Waals surface area contributed by atoms with Crippen LogP contribution in [0.2, 0.25) is 0 Å². The van der Waals surface area contributed by atoms with Crippen LogP contribution in [0.5, 0.6) is 0 Å².